The second-order valence-corrected chi connectivity index (χ2v) is 6.02. The Morgan fingerprint density at radius 1 is 1.25 bits per heavy atom. The first-order chi connectivity index (χ1) is 5.74. The summed E-state index contributed by atoms with van der Waals surface area (Å²) in [6.07, 6.45) is 1.21. The Morgan fingerprint density at radius 3 is 2.25 bits per heavy atom. The zero-order valence-corrected chi connectivity index (χ0v) is 9.93. The molecule has 1 atom stereocenters. The molecule has 0 aromatic heterocycles. The highest BCUT2D eigenvalue weighted by atomic mass is 28.3. The van der Waals surface area contributed by atoms with Gasteiger partial charge in [-0.05, 0) is 40.0 Å². The van der Waals surface area contributed by atoms with Crippen LogP contribution in [0.15, 0.2) is 0 Å². The van der Waals surface area contributed by atoms with Gasteiger partial charge in [0, 0.05) is 6.04 Å². The average Bonchev–Trinajstić information content (AvgIpc) is 2.12. The molecule has 3 nitrogen and oxygen atoms in total. The molecule has 0 aromatic carbocycles. The molecule has 1 unspecified atom stereocenters. The third-order valence-corrected chi connectivity index (χ3v) is 4.49. The highest BCUT2D eigenvalue weighted by molar-refractivity contribution is 6.53. The van der Waals surface area contributed by atoms with E-state index in [1.54, 1.807) is 0 Å². The van der Waals surface area contributed by atoms with Crippen LogP contribution in [0.5, 0.6) is 0 Å². The summed E-state index contributed by atoms with van der Waals surface area (Å²) >= 11 is 0. The molecule has 3 N–H and O–H groups in total. The zero-order chi connectivity index (χ0) is 9.40. The van der Waals surface area contributed by atoms with Crippen LogP contribution < -0.4 is 15.3 Å². The summed E-state index contributed by atoms with van der Waals surface area (Å²) in [6.45, 7) is 5.58. The molecule has 0 amide bonds. The van der Waals surface area contributed by atoms with Crippen LogP contribution in [-0.2, 0) is 0 Å². The normalized spacial score (nSPS) is 13.8. The molecule has 0 spiro atoms. The standard InChI is InChI=1S/C8H23N3Si/c1-5-8(2)11-6-7-12(9-3)10-4/h8-12H,5-7H2,1-4H3. The molecule has 0 aliphatic rings. The predicted octanol–water partition coefficient (Wildman–Crippen LogP) is 0.0338. The first kappa shape index (κ1) is 12.1. The van der Waals surface area contributed by atoms with E-state index in [0.29, 0.717) is 6.04 Å². The molecule has 0 aliphatic carbocycles. The van der Waals surface area contributed by atoms with Gasteiger partial charge in [-0.1, -0.05) is 6.92 Å². The summed E-state index contributed by atoms with van der Waals surface area (Å²) < 4.78 is 0. The smallest absolute Gasteiger partial charge is 0.185 e. The second kappa shape index (κ2) is 7.73. The molecule has 0 saturated heterocycles. The fraction of sp³-hybridized carbons (Fsp3) is 1.00. The summed E-state index contributed by atoms with van der Waals surface area (Å²) in [6, 6.07) is 1.92. The van der Waals surface area contributed by atoms with E-state index in [9.17, 15) is 0 Å². The van der Waals surface area contributed by atoms with Crippen molar-refractivity contribution in [2.24, 2.45) is 0 Å². The lowest BCUT2D eigenvalue weighted by molar-refractivity contribution is 0.550. The maximum atomic E-state index is 3.49. The Balaban J connectivity index is 3.28. The lowest BCUT2D eigenvalue weighted by Crippen LogP contribution is -2.45. The van der Waals surface area contributed by atoms with Crippen molar-refractivity contribution in [2.45, 2.75) is 32.4 Å². The molecule has 0 rings (SSSR count). The van der Waals surface area contributed by atoms with Crippen molar-refractivity contribution in [3.05, 3.63) is 0 Å². The number of hydrogen-bond acceptors (Lipinski definition) is 3. The fourth-order valence-corrected chi connectivity index (χ4v) is 2.37. The van der Waals surface area contributed by atoms with Crippen LogP contribution in [0.25, 0.3) is 0 Å². The highest BCUT2D eigenvalue weighted by Gasteiger charge is 2.04. The fourth-order valence-electron chi connectivity index (χ4n) is 1.05. The lowest BCUT2D eigenvalue weighted by atomic mass is 10.3. The topological polar surface area (TPSA) is 36.1 Å². The molecular formula is C8H23N3Si. The monoisotopic (exact) mass is 189 g/mol. The van der Waals surface area contributed by atoms with Crippen molar-refractivity contribution >= 4 is 9.12 Å². The minimum atomic E-state index is -0.825. The Bertz CT molecular complexity index is 96.3. The largest absolute Gasteiger partial charge is 0.331 e. The van der Waals surface area contributed by atoms with Gasteiger partial charge in [-0.25, -0.2) is 0 Å². The number of rotatable bonds is 7. The average molecular weight is 189 g/mol. The van der Waals surface area contributed by atoms with E-state index < -0.39 is 9.12 Å². The second-order valence-electron chi connectivity index (χ2n) is 3.18. The van der Waals surface area contributed by atoms with Gasteiger partial charge >= 0.3 is 0 Å². The van der Waals surface area contributed by atoms with Crippen molar-refractivity contribution in [2.75, 3.05) is 20.6 Å². The number of hydrogen-bond donors (Lipinski definition) is 3. The van der Waals surface area contributed by atoms with Gasteiger partial charge in [0.25, 0.3) is 0 Å². The molecule has 0 aromatic rings. The minimum absolute atomic E-state index is 0.661. The summed E-state index contributed by atoms with van der Waals surface area (Å²) in [5.41, 5.74) is 0. The molecule has 0 radical (unpaired) electrons. The first-order valence-corrected chi connectivity index (χ1v) is 6.79. The van der Waals surface area contributed by atoms with Gasteiger partial charge in [0.2, 0.25) is 0 Å². The molecule has 0 saturated carbocycles. The van der Waals surface area contributed by atoms with Crippen LogP contribution in [-0.4, -0.2) is 35.8 Å². The molecule has 0 heterocycles. The minimum Gasteiger partial charge on any atom is -0.331 e. The van der Waals surface area contributed by atoms with Crippen LogP contribution in [0.1, 0.15) is 20.3 Å². The van der Waals surface area contributed by atoms with Crippen molar-refractivity contribution in [1.29, 1.82) is 0 Å². The van der Waals surface area contributed by atoms with Gasteiger partial charge in [-0.2, -0.15) is 0 Å². The third kappa shape index (κ3) is 5.71. The van der Waals surface area contributed by atoms with Gasteiger partial charge in [-0.15, -0.1) is 0 Å². The Kier molecular flexibility index (Phi) is 7.79. The molecule has 0 bridgehead atoms. The van der Waals surface area contributed by atoms with Gasteiger partial charge in [0.15, 0.2) is 9.12 Å². The summed E-state index contributed by atoms with van der Waals surface area (Å²) in [5, 5.41) is 3.49. The highest BCUT2D eigenvalue weighted by Crippen LogP contribution is 1.88. The van der Waals surface area contributed by atoms with E-state index in [0.717, 1.165) is 6.54 Å². The van der Waals surface area contributed by atoms with E-state index in [2.05, 4.69) is 29.1 Å². The molecule has 0 fully saturated rings. The Morgan fingerprint density at radius 2 is 1.83 bits per heavy atom. The van der Waals surface area contributed by atoms with Gasteiger partial charge in [0.05, 0.1) is 0 Å². The van der Waals surface area contributed by atoms with Gasteiger partial charge in [0.1, 0.15) is 0 Å². The van der Waals surface area contributed by atoms with Crippen LogP contribution in [0.3, 0.4) is 0 Å². The summed E-state index contributed by atoms with van der Waals surface area (Å²) in [5.74, 6) is 0. The molecule has 0 aliphatic heterocycles. The van der Waals surface area contributed by atoms with E-state index in [1.807, 2.05) is 14.1 Å². The number of nitrogens with one attached hydrogen (secondary N) is 3. The van der Waals surface area contributed by atoms with Crippen molar-refractivity contribution in [3.63, 3.8) is 0 Å². The van der Waals surface area contributed by atoms with Crippen LogP contribution in [0, 0.1) is 0 Å². The van der Waals surface area contributed by atoms with Crippen LogP contribution >= 0.6 is 0 Å². The van der Waals surface area contributed by atoms with E-state index >= 15 is 0 Å². The van der Waals surface area contributed by atoms with Crippen LogP contribution in [0.4, 0.5) is 0 Å². The molecular weight excluding hydrogens is 166 g/mol. The zero-order valence-electron chi connectivity index (χ0n) is 8.78. The van der Waals surface area contributed by atoms with Crippen LogP contribution in [0.2, 0.25) is 6.04 Å². The van der Waals surface area contributed by atoms with E-state index in [4.69, 9.17) is 0 Å². The van der Waals surface area contributed by atoms with Gasteiger partial charge in [-0.3, -0.25) is 0 Å². The Labute approximate surface area is 78.1 Å². The SMILES string of the molecule is CCC(C)NCC[SiH](NC)NC. The molecule has 12 heavy (non-hydrogen) atoms. The predicted molar refractivity (Wildman–Crippen MR) is 57.8 cm³/mol. The Hall–Kier alpha value is 0.0969. The van der Waals surface area contributed by atoms with Crippen molar-refractivity contribution in [3.8, 4) is 0 Å². The van der Waals surface area contributed by atoms with Crippen molar-refractivity contribution in [1.82, 2.24) is 15.3 Å². The maximum Gasteiger partial charge on any atom is 0.185 e. The van der Waals surface area contributed by atoms with E-state index in [1.165, 1.54) is 12.5 Å². The molecule has 74 valence electrons. The summed E-state index contributed by atoms with van der Waals surface area (Å²) in [4.78, 5) is 6.66. The van der Waals surface area contributed by atoms with Crippen molar-refractivity contribution < 1.29 is 0 Å². The van der Waals surface area contributed by atoms with Gasteiger partial charge < -0.3 is 15.3 Å². The molecule has 4 heteroatoms. The van der Waals surface area contributed by atoms with E-state index in [-0.39, 0.29) is 0 Å². The maximum absolute atomic E-state index is 3.49. The lowest BCUT2D eigenvalue weighted by Gasteiger charge is -2.15. The quantitative estimate of drug-likeness (QED) is 0.495. The first-order valence-electron chi connectivity index (χ1n) is 4.82. The summed E-state index contributed by atoms with van der Waals surface area (Å²) in [7, 11) is 3.25. The third-order valence-electron chi connectivity index (χ3n) is 2.24.